The lowest BCUT2D eigenvalue weighted by molar-refractivity contribution is 0.410. The fourth-order valence-electron chi connectivity index (χ4n) is 2.59. The van der Waals surface area contributed by atoms with Gasteiger partial charge in [-0.3, -0.25) is 9.78 Å². The maximum atomic E-state index is 12.3. The van der Waals surface area contributed by atoms with Crippen molar-refractivity contribution in [2.45, 2.75) is 39.2 Å². The van der Waals surface area contributed by atoms with E-state index in [4.69, 9.17) is 17.0 Å². The molecule has 0 atom stereocenters. The molecule has 2 rings (SSSR count). The Morgan fingerprint density at radius 3 is 2.71 bits per heavy atom. The molecule has 0 saturated heterocycles. The van der Waals surface area contributed by atoms with E-state index in [1.165, 1.54) is 0 Å². The third-order valence-corrected chi connectivity index (χ3v) is 4.09. The van der Waals surface area contributed by atoms with Crippen LogP contribution in [0.4, 0.5) is 5.95 Å². The number of anilines is 1. The molecule has 1 aromatic carbocycles. The number of benzene rings is 1. The van der Waals surface area contributed by atoms with E-state index in [1.807, 2.05) is 39.0 Å². The number of hydrogen-bond donors (Lipinski definition) is 2. The van der Waals surface area contributed by atoms with Gasteiger partial charge in [0.15, 0.2) is 0 Å². The van der Waals surface area contributed by atoms with Crippen molar-refractivity contribution >= 4 is 5.95 Å². The topological polar surface area (TPSA) is 85.4 Å². The number of nitrogens with one attached hydrogen (secondary N) is 1. The van der Waals surface area contributed by atoms with Gasteiger partial charge in [-0.2, -0.15) is 0 Å². The average molecular weight is 326 g/mol. The molecule has 0 saturated carbocycles. The molecule has 0 amide bonds. The number of aromatic nitrogens is 2. The summed E-state index contributed by atoms with van der Waals surface area (Å²) in [4.78, 5) is 22.7. The standard InChI is InChI=1S/C18H22N4O2/c1-6-14-13(16(23)22-17(19)21-14)10-11-9-12(18(2,3)20-4)7-8-15(11)24-5/h7-9H,6,10H2,1-3,5H3,(H3,19,21,22,23). The number of aromatic amines is 1. The van der Waals surface area contributed by atoms with Crippen LogP contribution in [0.5, 0.6) is 5.75 Å². The van der Waals surface area contributed by atoms with Crippen molar-refractivity contribution in [1.29, 1.82) is 0 Å². The minimum atomic E-state index is -0.638. The first kappa shape index (κ1) is 17.5. The molecule has 0 unspecified atom stereocenters. The van der Waals surface area contributed by atoms with Gasteiger partial charge in [-0.25, -0.2) is 11.6 Å². The van der Waals surface area contributed by atoms with Gasteiger partial charge in [0, 0.05) is 31.4 Å². The number of nitrogens with two attached hydrogens (primary N) is 1. The van der Waals surface area contributed by atoms with E-state index in [1.54, 1.807) is 7.11 Å². The van der Waals surface area contributed by atoms with Gasteiger partial charge in [-0.1, -0.05) is 6.92 Å². The van der Waals surface area contributed by atoms with Gasteiger partial charge >= 0.3 is 0 Å². The Morgan fingerprint density at radius 1 is 1.42 bits per heavy atom. The summed E-state index contributed by atoms with van der Waals surface area (Å²) >= 11 is 0. The first-order chi connectivity index (χ1) is 11.3. The zero-order chi connectivity index (χ0) is 17.9. The van der Waals surface area contributed by atoms with Gasteiger partial charge in [-0.05, 0) is 30.2 Å². The van der Waals surface area contributed by atoms with Gasteiger partial charge in [0.1, 0.15) is 5.75 Å². The molecular formula is C18H22N4O2. The van der Waals surface area contributed by atoms with E-state index in [0.29, 0.717) is 29.8 Å². The molecule has 0 fully saturated rings. The van der Waals surface area contributed by atoms with E-state index >= 15 is 0 Å². The number of hydrogen-bond acceptors (Lipinski definition) is 4. The highest BCUT2D eigenvalue weighted by molar-refractivity contribution is 5.44. The third-order valence-electron chi connectivity index (χ3n) is 4.09. The second-order valence-electron chi connectivity index (χ2n) is 6.10. The largest absolute Gasteiger partial charge is 0.496 e. The van der Waals surface area contributed by atoms with Crippen LogP contribution in [0.15, 0.2) is 23.0 Å². The Bertz CT molecular complexity index is 847. The number of nitrogens with zero attached hydrogens (tertiary/aromatic N) is 2. The fraction of sp³-hybridized carbons (Fsp3) is 0.389. The molecule has 0 aliphatic rings. The number of methoxy groups -OCH3 is 1. The zero-order valence-electron chi connectivity index (χ0n) is 14.4. The maximum Gasteiger partial charge on any atom is 0.256 e. The van der Waals surface area contributed by atoms with Crippen molar-refractivity contribution in [2.24, 2.45) is 0 Å². The molecule has 0 radical (unpaired) electrons. The summed E-state index contributed by atoms with van der Waals surface area (Å²) < 4.78 is 5.42. The molecule has 1 aromatic heterocycles. The quantitative estimate of drug-likeness (QED) is 0.827. The van der Waals surface area contributed by atoms with Crippen LogP contribution in [-0.4, -0.2) is 17.1 Å². The minimum Gasteiger partial charge on any atom is -0.496 e. The molecular weight excluding hydrogens is 304 g/mol. The van der Waals surface area contributed by atoms with E-state index in [2.05, 4.69) is 14.8 Å². The van der Waals surface area contributed by atoms with Crippen LogP contribution in [0.25, 0.3) is 4.85 Å². The SMILES string of the molecule is [C-]#[N+]C(C)(C)c1ccc(OC)c(Cc2c(CC)nc(N)[nH]c2=O)c1. The summed E-state index contributed by atoms with van der Waals surface area (Å²) in [7, 11) is 1.59. The molecule has 0 aliphatic heterocycles. The van der Waals surface area contributed by atoms with E-state index in [-0.39, 0.29) is 11.5 Å². The molecule has 2 aromatic rings. The third kappa shape index (κ3) is 3.40. The van der Waals surface area contributed by atoms with Crippen molar-refractivity contribution in [3.05, 3.63) is 62.4 Å². The van der Waals surface area contributed by atoms with Crippen molar-refractivity contribution in [3.8, 4) is 5.75 Å². The highest BCUT2D eigenvalue weighted by Gasteiger charge is 2.27. The van der Waals surface area contributed by atoms with Crippen LogP contribution in [0.3, 0.4) is 0 Å². The normalized spacial score (nSPS) is 11.1. The van der Waals surface area contributed by atoms with Crippen LogP contribution in [0, 0.1) is 6.57 Å². The van der Waals surface area contributed by atoms with Crippen LogP contribution in [0.2, 0.25) is 0 Å². The second-order valence-corrected chi connectivity index (χ2v) is 6.10. The second kappa shape index (κ2) is 6.75. The van der Waals surface area contributed by atoms with Crippen molar-refractivity contribution in [1.82, 2.24) is 9.97 Å². The highest BCUT2D eigenvalue weighted by Crippen LogP contribution is 2.30. The smallest absolute Gasteiger partial charge is 0.256 e. The number of rotatable bonds is 5. The first-order valence-electron chi connectivity index (χ1n) is 7.76. The van der Waals surface area contributed by atoms with Gasteiger partial charge in [0.2, 0.25) is 5.95 Å². The lowest BCUT2D eigenvalue weighted by Crippen LogP contribution is -2.20. The van der Waals surface area contributed by atoms with Crippen LogP contribution < -0.4 is 16.0 Å². The van der Waals surface area contributed by atoms with Crippen molar-refractivity contribution in [2.75, 3.05) is 12.8 Å². The van der Waals surface area contributed by atoms with Crippen molar-refractivity contribution in [3.63, 3.8) is 0 Å². The summed E-state index contributed by atoms with van der Waals surface area (Å²) in [5.74, 6) is 0.799. The molecule has 0 bridgehead atoms. The Balaban J connectivity index is 2.56. The summed E-state index contributed by atoms with van der Waals surface area (Å²) in [5.41, 5.74) is 7.72. The predicted molar refractivity (Wildman–Crippen MR) is 94.1 cm³/mol. The number of nitrogen functional groups attached to an aromatic ring is 1. The molecule has 6 nitrogen and oxygen atoms in total. The fourth-order valence-corrected chi connectivity index (χ4v) is 2.59. The summed E-state index contributed by atoms with van der Waals surface area (Å²) in [5, 5.41) is 0. The predicted octanol–water partition coefficient (Wildman–Crippen LogP) is 2.67. The van der Waals surface area contributed by atoms with Gasteiger partial charge in [0.25, 0.3) is 11.1 Å². The lowest BCUT2D eigenvalue weighted by atomic mass is 9.91. The maximum absolute atomic E-state index is 12.3. The van der Waals surface area contributed by atoms with E-state index in [0.717, 1.165) is 11.1 Å². The Kier molecular flexibility index (Phi) is 4.93. The Hall–Kier alpha value is -2.81. The van der Waals surface area contributed by atoms with E-state index < -0.39 is 5.54 Å². The van der Waals surface area contributed by atoms with Crippen molar-refractivity contribution < 1.29 is 4.74 Å². The van der Waals surface area contributed by atoms with Gasteiger partial charge < -0.3 is 15.3 Å². The van der Waals surface area contributed by atoms with Gasteiger partial charge in [-0.15, -0.1) is 0 Å². The lowest BCUT2D eigenvalue weighted by Gasteiger charge is -2.16. The Labute approximate surface area is 141 Å². The number of aryl methyl sites for hydroxylation is 1. The van der Waals surface area contributed by atoms with Gasteiger partial charge in [0.05, 0.1) is 12.8 Å². The number of ether oxygens (including phenoxy) is 1. The summed E-state index contributed by atoms with van der Waals surface area (Å²) in [6.45, 7) is 13.0. The molecule has 3 N–H and O–H groups in total. The molecule has 0 aliphatic carbocycles. The molecule has 6 heteroatoms. The monoisotopic (exact) mass is 326 g/mol. The Morgan fingerprint density at radius 2 is 2.12 bits per heavy atom. The summed E-state index contributed by atoms with van der Waals surface area (Å²) in [6.07, 6.45) is 0.982. The van der Waals surface area contributed by atoms with Crippen LogP contribution in [0.1, 0.15) is 43.2 Å². The average Bonchev–Trinajstić information content (AvgIpc) is 2.56. The molecule has 1 heterocycles. The molecule has 0 spiro atoms. The first-order valence-corrected chi connectivity index (χ1v) is 7.76. The van der Waals surface area contributed by atoms with Crippen LogP contribution >= 0.6 is 0 Å². The summed E-state index contributed by atoms with van der Waals surface area (Å²) in [6, 6.07) is 5.64. The molecule has 126 valence electrons. The highest BCUT2D eigenvalue weighted by atomic mass is 16.5. The molecule has 24 heavy (non-hydrogen) atoms. The van der Waals surface area contributed by atoms with E-state index in [9.17, 15) is 4.79 Å². The van der Waals surface area contributed by atoms with Crippen LogP contribution in [-0.2, 0) is 18.4 Å². The minimum absolute atomic E-state index is 0.121. The zero-order valence-corrected chi connectivity index (χ0v) is 14.4. The number of H-pyrrole nitrogens is 1.